The van der Waals surface area contributed by atoms with Crippen molar-refractivity contribution < 1.29 is 17.9 Å². The van der Waals surface area contributed by atoms with Crippen molar-refractivity contribution >= 4 is 10.0 Å². The van der Waals surface area contributed by atoms with E-state index in [4.69, 9.17) is 9.47 Å². The molecule has 24 heavy (non-hydrogen) atoms. The van der Waals surface area contributed by atoms with Crippen LogP contribution in [0.4, 0.5) is 0 Å². The van der Waals surface area contributed by atoms with Crippen LogP contribution in [0.3, 0.4) is 0 Å². The number of benzene rings is 1. The molecule has 2 heterocycles. The molecule has 1 aromatic rings. The minimum absolute atomic E-state index is 0.310. The van der Waals surface area contributed by atoms with Crippen molar-refractivity contribution in [2.75, 3.05) is 32.8 Å². The summed E-state index contributed by atoms with van der Waals surface area (Å²) in [7, 11) is -3.20. The van der Waals surface area contributed by atoms with E-state index in [1.54, 1.807) is 13.8 Å². The second-order valence-corrected chi connectivity index (χ2v) is 8.91. The van der Waals surface area contributed by atoms with E-state index in [0.717, 1.165) is 30.9 Å². The van der Waals surface area contributed by atoms with Gasteiger partial charge in [-0.2, -0.15) is 0 Å². The van der Waals surface area contributed by atoms with Crippen molar-refractivity contribution in [1.29, 1.82) is 0 Å². The first-order chi connectivity index (χ1) is 11.5. The maximum absolute atomic E-state index is 11.9. The van der Waals surface area contributed by atoms with E-state index in [2.05, 4.69) is 21.8 Å². The number of nitrogens with zero attached hydrogens (tertiary/aromatic N) is 1. The normalized spacial score (nSPS) is 21.4. The van der Waals surface area contributed by atoms with Crippen molar-refractivity contribution in [3.63, 3.8) is 0 Å². The van der Waals surface area contributed by atoms with E-state index in [9.17, 15) is 8.42 Å². The molecule has 6 nitrogen and oxygen atoms in total. The fourth-order valence-corrected chi connectivity index (χ4v) is 3.95. The summed E-state index contributed by atoms with van der Waals surface area (Å²) in [4.78, 5) is 2.34. The Hall–Kier alpha value is -1.31. The van der Waals surface area contributed by atoms with Gasteiger partial charge in [-0.05, 0) is 50.9 Å². The topological polar surface area (TPSA) is 67.9 Å². The largest absolute Gasteiger partial charge is 0.486 e. The van der Waals surface area contributed by atoms with Crippen molar-refractivity contribution in [3.05, 3.63) is 23.8 Å². The zero-order chi connectivity index (χ0) is 17.2. The van der Waals surface area contributed by atoms with Gasteiger partial charge in [-0.3, -0.25) is 4.90 Å². The fraction of sp³-hybridized carbons (Fsp3) is 0.647. The van der Waals surface area contributed by atoms with Crippen molar-refractivity contribution in [1.82, 2.24) is 9.62 Å². The van der Waals surface area contributed by atoms with Crippen molar-refractivity contribution in [2.24, 2.45) is 0 Å². The highest BCUT2D eigenvalue weighted by atomic mass is 32.2. The quantitative estimate of drug-likeness (QED) is 0.845. The van der Waals surface area contributed by atoms with Gasteiger partial charge in [0.2, 0.25) is 10.0 Å². The van der Waals surface area contributed by atoms with Gasteiger partial charge >= 0.3 is 0 Å². The zero-order valence-electron chi connectivity index (χ0n) is 14.3. The maximum atomic E-state index is 11.9. The van der Waals surface area contributed by atoms with Crippen LogP contribution in [0, 0.1) is 0 Å². The van der Waals surface area contributed by atoms with E-state index in [1.165, 1.54) is 5.56 Å². The Morgan fingerprint density at radius 3 is 2.75 bits per heavy atom. The lowest BCUT2D eigenvalue weighted by Crippen LogP contribution is -2.37. The van der Waals surface area contributed by atoms with Gasteiger partial charge in [0.1, 0.15) is 13.2 Å². The van der Waals surface area contributed by atoms with Crippen molar-refractivity contribution in [2.45, 2.75) is 38.0 Å². The molecule has 1 unspecified atom stereocenters. The lowest BCUT2D eigenvalue weighted by Gasteiger charge is -2.26. The number of sulfonamides is 1. The predicted octanol–water partition coefficient (Wildman–Crippen LogP) is 1.92. The van der Waals surface area contributed by atoms with Crippen LogP contribution in [-0.4, -0.2) is 51.4 Å². The van der Waals surface area contributed by atoms with Gasteiger partial charge in [0.25, 0.3) is 0 Å². The first kappa shape index (κ1) is 17.5. The Labute approximate surface area is 144 Å². The second-order valence-electron chi connectivity index (χ2n) is 6.59. The third kappa shape index (κ3) is 3.84. The third-order valence-electron chi connectivity index (χ3n) is 4.64. The van der Waals surface area contributed by atoms with Gasteiger partial charge in [0.15, 0.2) is 11.5 Å². The van der Waals surface area contributed by atoms with Crippen LogP contribution >= 0.6 is 0 Å². The summed E-state index contributed by atoms with van der Waals surface area (Å²) in [5.41, 5.74) is 1.21. The number of nitrogens with one attached hydrogen (secondary N) is 1. The molecule has 1 aromatic carbocycles. The average molecular weight is 354 g/mol. The van der Waals surface area contributed by atoms with Crippen LogP contribution in [-0.2, 0) is 10.0 Å². The highest BCUT2D eigenvalue weighted by molar-refractivity contribution is 7.90. The molecule has 0 amide bonds. The van der Waals surface area contributed by atoms with Crippen LogP contribution in [0.25, 0.3) is 0 Å². The van der Waals surface area contributed by atoms with Crippen LogP contribution in [0.5, 0.6) is 11.5 Å². The van der Waals surface area contributed by atoms with Crippen LogP contribution < -0.4 is 14.2 Å². The molecule has 134 valence electrons. The molecule has 0 aliphatic carbocycles. The van der Waals surface area contributed by atoms with E-state index in [1.807, 2.05) is 6.07 Å². The van der Waals surface area contributed by atoms with Crippen LogP contribution in [0.15, 0.2) is 18.2 Å². The van der Waals surface area contributed by atoms with Gasteiger partial charge < -0.3 is 9.47 Å². The summed E-state index contributed by atoms with van der Waals surface area (Å²) in [5.74, 6) is 1.62. The molecule has 0 bridgehead atoms. The molecule has 0 spiro atoms. The Kier molecular flexibility index (Phi) is 5.32. The molecular formula is C17H26N2O4S. The summed E-state index contributed by atoms with van der Waals surface area (Å²) in [6.07, 6.45) is 2.20. The van der Waals surface area contributed by atoms with Gasteiger partial charge in [-0.25, -0.2) is 13.1 Å². The molecule has 1 N–H and O–H groups in total. The summed E-state index contributed by atoms with van der Waals surface area (Å²) in [5, 5.41) is -0.398. The van der Waals surface area contributed by atoms with Crippen LogP contribution in [0.1, 0.15) is 38.3 Å². The SMILES string of the molecule is CC(C)S(=O)(=O)NCCN1CCCC1c1ccc2c(c1)OCCO2. The highest BCUT2D eigenvalue weighted by Crippen LogP contribution is 2.37. The van der Waals surface area contributed by atoms with E-state index in [-0.39, 0.29) is 0 Å². The molecule has 1 fully saturated rings. The molecule has 0 aromatic heterocycles. The third-order valence-corrected chi connectivity index (χ3v) is 6.49. The number of hydrogen-bond donors (Lipinski definition) is 1. The number of fused-ring (bicyclic) bond motifs is 1. The smallest absolute Gasteiger partial charge is 0.213 e. The first-order valence-electron chi connectivity index (χ1n) is 8.59. The van der Waals surface area contributed by atoms with Crippen LogP contribution in [0.2, 0.25) is 0 Å². The number of ether oxygens (including phenoxy) is 2. The predicted molar refractivity (Wildman–Crippen MR) is 93.0 cm³/mol. The average Bonchev–Trinajstić information content (AvgIpc) is 3.02. The Morgan fingerprint density at radius 1 is 1.25 bits per heavy atom. The van der Waals surface area contributed by atoms with E-state index >= 15 is 0 Å². The highest BCUT2D eigenvalue weighted by Gasteiger charge is 2.27. The molecule has 2 aliphatic heterocycles. The molecule has 2 aliphatic rings. The number of hydrogen-bond acceptors (Lipinski definition) is 5. The molecule has 1 atom stereocenters. The fourth-order valence-electron chi connectivity index (χ4n) is 3.24. The Bertz CT molecular complexity index is 675. The molecule has 0 radical (unpaired) electrons. The lowest BCUT2D eigenvalue weighted by molar-refractivity contribution is 0.170. The molecule has 1 saturated heterocycles. The standard InChI is InChI=1S/C17H26N2O4S/c1-13(2)24(20,21)18-7-9-19-8-3-4-15(19)14-5-6-16-17(12-14)23-11-10-22-16/h5-6,12-13,15,18H,3-4,7-11H2,1-2H3. The molecule has 7 heteroatoms. The molecular weight excluding hydrogens is 328 g/mol. The van der Waals surface area contributed by atoms with Gasteiger partial charge in [0, 0.05) is 19.1 Å². The minimum atomic E-state index is -3.20. The summed E-state index contributed by atoms with van der Waals surface area (Å²) < 4.78 is 37.7. The second kappa shape index (κ2) is 7.29. The number of likely N-dealkylation sites (tertiary alicyclic amines) is 1. The van der Waals surface area contributed by atoms with Gasteiger partial charge in [-0.15, -0.1) is 0 Å². The summed E-state index contributed by atoms with van der Waals surface area (Å²) in [6.45, 7) is 6.71. The molecule has 3 rings (SSSR count). The van der Waals surface area contributed by atoms with E-state index in [0.29, 0.717) is 32.3 Å². The van der Waals surface area contributed by atoms with E-state index < -0.39 is 15.3 Å². The maximum Gasteiger partial charge on any atom is 0.213 e. The lowest BCUT2D eigenvalue weighted by atomic mass is 10.0. The zero-order valence-corrected chi connectivity index (χ0v) is 15.1. The number of rotatable bonds is 6. The summed E-state index contributed by atoms with van der Waals surface area (Å²) in [6, 6.07) is 6.44. The summed E-state index contributed by atoms with van der Waals surface area (Å²) >= 11 is 0. The molecule has 0 saturated carbocycles. The monoisotopic (exact) mass is 354 g/mol. The first-order valence-corrected chi connectivity index (χ1v) is 10.1. The van der Waals surface area contributed by atoms with Crippen molar-refractivity contribution in [3.8, 4) is 11.5 Å². The minimum Gasteiger partial charge on any atom is -0.486 e. The van der Waals surface area contributed by atoms with Gasteiger partial charge in [0.05, 0.1) is 5.25 Å². The van der Waals surface area contributed by atoms with Gasteiger partial charge in [-0.1, -0.05) is 6.07 Å². The Balaban J connectivity index is 1.63. The Morgan fingerprint density at radius 2 is 2.00 bits per heavy atom.